The molecular weight excluding hydrogens is 252 g/mol. The Morgan fingerprint density at radius 1 is 1.35 bits per heavy atom. The Bertz CT molecular complexity index is 613. The second-order valence-electron chi connectivity index (χ2n) is 4.65. The zero-order chi connectivity index (χ0) is 14.5. The molecule has 1 heterocycles. The lowest BCUT2D eigenvalue weighted by atomic mass is 10.2. The van der Waals surface area contributed by atoms with E-state index in [9.17, 15) is 10.4 Å². The molecule has 0 aliphatic heterocycles. The molecule has 0 spiro atoms. The number of rotatable bonds is 5. The van der Waals surface area contributed by atoms with Gasteiger partial charge in [-0.2, -0.15) is 10.4 Å². The van der Waals surface area contributed by atoms with Crippen molar-refractivity contribution in [1.29, 1.82) is 5.26 Å². The molecule has 5 heteroatoms. The van der Waals surface area contributed by atoms with Crippen LogP contribution >= 0.6 is 0 Å². The summed E-state index contributed by atoms with van der Waals surface area (Å²) in [5.41, 5.74) is 2.40. The number of hydrogen-bond acceptors (Lipinski definition) is 4. The van der Waals surface area contributed by atoms with Crippen LogP contribution in [0.15, 0.2) is 30.3 Å². The average Bonchev–Trinajstić information content (AvgIpc) is 2.73. The van der Waals surface area contributed by atoms with Crippen molar-refractivity contribution < 1.29 is 5.11 Å². The van der Waals surface area contributed by atoms with E-state index in [1.807, 2.05) is 49.2 Å². The number of aliphatic hydroxyl groups is 1. The van der Waals surface area contributed by atoms with Crippen LogP contribution in [0.3, 0.4) is 0 Å². The van der Waals surface area contributed by atoms with Gasteiger partial charge in [-0.3, -0.25) is 4.68 Å². The van der Waals surface area contributed by atoms with E-state index in [-0.39, 0.29) is 6.61 Å². The lowest BCUT2D eigenvalue weighted by Crippen LogP contribution is -2.28. The normalized spacial score (nSPS) is 10.3. The number of nitrogens with zero attached hydrogens (tertiary/aromatic N) is 4. The Balaban J connectivity index is 2.37. The summed E-state index contributed by atoms with van der Waals surface area (Å²) in [6, 6.07) is 12.2. The summed E-state index contributed by atoms with van der Waals surface area (Å²) < 4.78 is 1.70. The maximum Gasteiger partial charge on any atom is 0.145 e. The summed E-state index contributed by atoms with van der Waals surface area (Å²) in [5, 5.41) is 22.9. The van der Waals surface area contributed by atoms with Gasteiger partial charge in [-0.25, -0.2) is 0 Å². The molecule has 2 aromatic rings. The fraction of sp³-hybridized carbons (Fsp3) is 0.333. The van der Waals surface area contributed by atoms with Crippen molar-refractivity contribution in [3.63, 3.8) is 0 Å². The van der Waals surface area contributed by atoms with Crippen LogP contribution in [0.4, 0.5) is 5.82 Å². The summed E-state index contributed by atoms with van der Waals surface area (Å²) in [7, 11) is 1.82. The van der Waals surface area contributed by atoms with Crippen molar-refractivity contribution in [1.82, 2.24) is 9.78 Å². The Morgan fingerprint density at radius 2 is 2.05 bits per heavy atom. The predicted octanol–water partition coefficient (Wildman–Crippen LogP) is 1.60. The summed E-state index contributed by atoms with van der Waals surface area (Å²) >= 11 is 0. The topological polar surface area (TPSA) is 65.1 Å². The van der Waals surface area contributed by atoms with Crippen molar-refractivity contribution in [2.45, 2.75) is 13.5 Å². The zero-order valence-electron chi connectivity index (χ0n) is 11.7. The van der Waals surface area contributed by atoms with Crippen LogP contribution in [0.1, 0.15) is 16.8 Å². The molecule has 0 bridgehead atoms. The SMILES string of the molecule is Cc1nn(C)c(N(CCO)Cc2ccccc2)c1C#N. The second-order valence-corrected chi connectivity index (χ2v) is 4.65. The minimum Gasteiger partial charge on any atom is -0.395 e. The molecule has 1 aromatic carbocycles. The van der Waals surface area contributed by atoms with E-state index < -0.39 is 0 Å². The zero-order valence-corrected chi connectivity index (χ0v) is 11.7. The molecule has 0 saturated heterocycles. The van der Waals surface area contributed by atoms with Gasteiger partial charge in [-0.15, -0.1) is 0 Å². The van der Waals surface area contributed by atoms with Crippen LogP contribution in [0.25, 0.3) is 0 Å². The highest BCUT2D eigenvalue weighted by Gasteiger charge is 2.19. The molecule has 0 saturated carbocycles. The van der Waals surface area contributed by atoms with E-state index >= 15 is 0 Å². The largest absolute Gasteiger partial charge is 0.395 e. The predicted molar refractivity (Wildman–Crippen MR) is 77.2 cm³/mol. The van der Waals surface area contributed by atoms with E-state index in [0.29, 0.717) is 24.3 Å². The number of nitriles is 1. The van der Waals surface area contributed by atoms with Crippen molar-refractivity contribution in [2.24, 2.45) is 7.05 Å². The molecule has 1 aromatic heterocycles. The molecule has 0 unspecified atom stereocenters. The van der Waals surface area contributed by atoms with Gasteiger partial charge in [0.2, 0.25) is 0 Å². The highest BCUT2D eigenvalue weighted by atomic mass is 16.3. The Kier molecular flexibility index (Phi) is 4.38. The van der Waals surface area contributed by atoms with Gasteiger partial charge in [0, 0.05) is 20.1 Å². The van der Waals surface area contributed by atoms with Crippen LogP contribution in [-0.4, -0.2) is 28.0 Å². The molecule has 0 aliphatic carbocycles. The first-order valence-corrected chi connectivity index (χ1v) is 6.50. The molecule has 0 amide bonds. The molecule has 5 nitrogen and oxygen atoms in total. The van der Waals surface area contributed by atoms with E-state index in [1.165, 1.54) is 0 Å². The molecule has 20 heavy (non-hydrogen) atoms. The van der Waals surface area contributed by atoms with Crippen molar-refractivity contribution in [3.05, 3.63) is 47.2 Å². The van der Waals surface area contributed by atoms with E-state index in [1.54, 1.807) is 4.68 Å². The van der Waals surface area contributed by atoms with Crippen LogP contribution in [0.2, 0.25) is 0 Å². The van der Waals surface area contributed by atoms with Crippen molar-refractivity contribution in [3.8, 4) is 6.07 Å². The van der Waals surface area contributed by atoms with E-state index in [4.69, 9.17) is 0 Å². The summed E-state index contributed by atoms with van der Waals surface area (Å²) in [5.74, 6) is 0.753. The van der Waals surface area contributed by atoms with Gasteiger partial charge in [-0.1, -0.05) is 30.3 Å². The molecule has 0 atom stereocenters. The molecule has 1 N–H and O–H groups in total. The van der Waals surface area contributed by atoms with Gasteiger partial charge in [0.1, 0.15) is 17.5 Å². The summed E-state index contributed by atoms with van der Waals surface area (Å²) in [4.78, 5) is 1.98. The van der Waals surface area contributed by atoms with E-state index in [0.717, 1.165) is 11.4 Å². The average molecular weight is 270 g/mol. The van der Waals surface area contributed by atoms with Gasteiger partial charge in [0.25, 0.3) is 0 Å². The van der Waals surface area contributed by atoms with Gasteiger partial charge < -0.3 is 10.0 Å². The van der Waals surface area contributed by atoms with Crippen molar-refractivity contribution >= 4 is 5.82 Å². The van der Waals surface area contributed by atoms with E-state index in [2.05, 4.69) is 11.2 Å². The first-order chi connectivity index (χ1) is 9.67. The summed E-state index contributed by atoms with van der Waals surface area (Å²) in [6.07, 6.45) is 0. The highest BCUT2D eigenvalue weighted by Crippen LogP contribution is 2.23. The van der Waals surface area contributed by atoms with Crippen LogP contribution < -0.4 is 4.90 Å². The molecule has 2 rings (SSSR count). The Morgan fingerprint density at radius 3 is 2.65 bits per heavy atom. The number of anilines is 1. The lowest BCUT2D eigenvalue weighted by Gasteiger charge is -2.24. The first-order valence-electron chi connectivity index (χ1n) is 6.50. The van der Waals surface area contributed by atoms with Gasteiger partial charge in [0.15, 0.2) is 0 Å². The van der Waals surface area contributed by atoms with Crippen LogP contribution in [-0.2, 0) is 13.6 Å². The molecular formula is C15H18N4O. The number of aliphatic hydroxyl groups excluding tert-OH is 1. The number of aryl methyl sites for hydroxylation is 2. The third-order valence-electron chi connectivity index (χ3n) is 3.19. The van der Waals surface area contributed by atoms with Crippen molar-refractivity contribution in [2.75, 3.05) is 18.1 Å². The summed E-state index contributed by atoms with van der Waals surface area (Å²) in [6.45, 7) is 2.95. The third kappa shape index (κ3) is 2.81. The monoisotopic (exact) mass is 270 g/mol. The van der Waals surface area contributed by atoms with Gasteiger partial charge in [0.05, 0.1) is 12.3 Å². The molecule has 0 fully saturated rings. The minimum atomic E-state index is 0.0297. The Labute approximate surface area is 118 Å². The molecule has 0 aliphatic rings. The first kappa shape index (κ1) is 14.1. The Hall–Kier alpha value is -2.32. The number of benzene rings is 1. The fourth-order valence-electron chi connectivity index (χ4n) is 2.32. The third-order valence-corrected chi connectivity index (χ3v) is 3.19. The number of hydrogen-bond donors (Lipinski definition) is 1. The number of aromatic nitrogens is 2. The quantitative estimate of drug-likeness (QED) is 0.896. The second kappa shape index (κ2) is 6.22. The highest BCUT2D eigenvalue weighted by molar-refractivity contribution is 5.57. The fourth-order valence-corrected chi connectivity index (χ4v) is 2.32. The molecule has 0 radical (unpaired) electrons. The standard InChI is InChI=1S/C15H18N4O/c1-12-14(10-16)15(18(2)17-12)19(8-9-20)11-13-6-4-3-5-7-13/h3-7,20H,8-9,11H2,1-2H3. The maximum atomic E-state index is 9.30. The minimum absolute atomic E-state index is 0.0297. The van der Waals surface area contributed by atoms with Crippen LogP contribution in [0, 0.1) is 18.3 Å². The van der Waals surface area contributed by atoms with Crippen LogP contribution in [0.5, 0.6) is 0 Å². The van der Waals surface area contributed by atoms with Gasteiger partial charge >= 0.3 is 0 Å². The lowest BCUT2D eigenvalue weighted by molar-refractivity contribution is 0.300. The maximum absolute atomic E-state index is 9.30. The smallest absolute Gasteiger partial charge is 0.145 e. The molecule has 104 valence electrons. The van der Waals surface area contributed by atoms with Gasteiger partial charge in [-0.05, 0) is 12.5 Å².